The van der Waals surface area contributed by atoms with Crippen LogP contribution in [-0.2, 0) is 5.92 Å². The second-order valence-electron chi connectivity index (χ2n) is 6.66. The molecule has 0 radical (unpaired) electrons. The van der Waals surface area contributed by atoms with Gasteiger partial charge in [0.25, 0.3) is 0 Å². The number of pyridine rings is 2. The first-order chi connectivity index (χ1) is 15.2. The molecule has 3 heterocycles. The Morgan fingerprint density at radius 3 is 1.59 bits per heavy atom. The van der Waals surface area contributed by atoms with Gasteiger partial charge in [0.05, 0.1) is 0 Å². The van der Waals surface area contributed by atoms with Crippen molar-refractivity contribution in [1.29, 1.82) is 0 Å². The molecule has 1 aromatic carbocycles. The lowest BCUT2D eigenvalue weighted by atomic mass is 10.0. The second-order valence-corrected chi connectivity index (χ2v) is 6.66. The fourth-order valence-corrected chi connectivity index (χ4v) is 3.00. The quantitative estimate of drug-likeness (QED) is 0.371. The topological polar surface area (TPSA) is 56.5 Å². The van der Waals surface area contributed by atoms with Crippen LogP contribution in [0.1, 0.15) is 5.56 Å². The van der Waals surface area contributed by atoms with Crippen molar-refractivity contribution in [2.75, 3.05) is 0 Å². The van der Waals surface area contributed by atoms with Gasteiger partial charge in [0.15, 0.2) is 11.6 Å². The van der Waals surface area contributed by atoms with Crippen LogP contribution in [0, 0.1) is 0 Å². The molecule has 0 unspecified atom stereocenters. The fourth-order valence-electron chi connectivity index (χ4n) is 3.00. The van der Waals surface area contributed by atoms with Crippen molar-refractivity contribution in [2.24, 2.45) is 0 Å². The van der Waals surface area contributed by atoms with Crippen LogP contribution in [0.2, 0.25) is 0 Å². The third-order valence-electron chi connectivity index (χ3n) is 4.63. The van der Waals surface area contributed by atoms with E-state index in [9.17, 15) is 26.3 Å². The maximum atomic E-state index is 14.1. The summed E-state index contributed by atoms with van der Waals surface area (Å²) in [6, 6.07) is 13.6. The van der Waals surface area contributed by atoms with Crippen molar-refractivity contribution < 1.29 is 26.3 Å². The van der Waals surface area contributed by atoms with E-state index < -0.39 is 23.8 Å². The average molecular weight is 449 g/mol. The van der Waals surface area contributed by atoms with Crippen molar-refractivity contribution in [3.8, 4) is 28.7 Å². The number of halogens is 6. The molecular formula is C21H13F6N5. The predicted octanol–water partition coefficient (Wildman–Crippen LogP) is 5.38. The van der Waals surface area contributed by atoms with Crippen molar-refractivity contribution in [3.63, 3.8) is 0 Å². The van der Waals surface area contributed by atoms with Gasteiger partial charge < -0.3 is 0 Å². The van der Waals surface area contributed by atoms with Gasteiger partial charge in [-0.15, -0.1) is 10.2 Å². The Morgan fingerprint density at radius 1 is 0.688 bits per heavy atom. The van der Waals surface area contributed by atoms with Gasteiger partial charge in [0.1, 0.15) is 11.4 Å². The van der Waals surface area contributed by atoms with Gasteiger partial charge in [-0.3, -0.25) is 14.5 Å². The number of aromatic nitrogens is 5. The van der Waals surface area contributed by atoms with Crippen LogP contribution in [0.15, 0.2) is 73.1 Å². The van der Waals surface area contributed by atoms with E-state index in [0.29, 0.717) is 23.5 Å². The maximum absolute atomic E-state index is 14.1. The molecule has 32 heavy (non-hydrogen) atoms. The van der Waals surface area contributed by atoms with Crippen molar-refractivity contribution in [2.45, 2.75) is 18.3 Å². The minimum atomic E-state index is -5.52. The van der Waals surface area contributed by atoms with E-state index in [-0.39, 0.29) is 17.3 Å². The largest absolute Gasteiger partial charge is 0.373 e. The first kappa shape index (κ1) is 21.5. The van der Waals surface area contributed by atoms with E-state index in [1.54, 1.807) is 36.4 Å². The zero-order chi connectivity index (χ0) is 22.9. The lowest BCUT2D eigenvalue weighted by molar-refractivity contribution is -0.270. The minimum Gasteiger partial charge on any atom is -0.272 e. The lowest BCUT2D eigenvalue weighted by Gasteiger charge is -2.26. The summed E-state index contributed by atoms with van der Waals surface area (Å²) in [6.45, 7) is 0. The summed E-state index contributed by atoms with van der Waals surface area (Å²) < 4.78 is 81.4. The molecule has 0 saturated heterocycles. The van der Waals surface area contributed by atoms with E-state index in [4.69, 9.17) is 0 Å². The van der Waals surface area contributed by atoms with Crippen LogP contribution in [0.5, 0.6) is 0 Å². The first-order valence-electron chi connectivity index (χ1n) is 9.16. The van der Waals surface area contributed by atoms with E-state index in [2.05, 4.69) is 20.2 Å². The molecule has 4 rings (SSSR count). The smallest absolute Gasteiger partial charge is 0.272 e. The Hall–Kier alpha value is -3.76. The molecule has 0 N–H and O–H groups in total. The third-order valence-corrected chi connectivity index (χ3v) is 4.63. The third kappa shape index (κ3) is 3.59. The summed E-state index contributed by atoms with van der Waals surface area (Å²) in [4.78, 5) is 8.41. The van der Waals surface area contributed by atoms with Crippen LogP contribution in [0.25, 0.3) is 28.7 Å². The Kier molecular flexibility index (Phi) is 5.41. The molecule has 4 aromatic rings. The predicted molar refractivity (Wildman–Crippen MR) is 103 cm³/mol. The Balaban J connectivity index is 1.84. The number of hydrogen-bond donors (Lipinski definition) is 0. The maximum Gasteiger partial charge on any atom is 0.373 e. The lowest BCUT2D eigenvalue weighted by Crippen LogP contribution is -2.44. The monoisotopic (exact) mass is 449 g/mol. The van der Waals surface area contributed by atoms with Crippen molar-refractivity contribution in [1.82, 2.24) is 24.7 Å². The summed E-state index contributed by atoms with van der Waals surface area (Å²) in [5.74, 6) is -10.1. The Labute approximate surface area is 177 Å². The molecule has 0 saturated carbocycles. The summed E-state index contributed by atoms with van der Waals surface area (Å²) >= 11 is 0. The van der Waals surface area contributed by atoms with Gasteiger partial charge in [0, 0.05) is 23.6 Å². The fraction of sp³-hybridized carbons (Fsp3) is 0.143. The highest BCUT2D eigenvalue weighted by Crippen LogP contribution is 2.46. The molecule has 0 spiro atoms. The normalized spacial score (nSPS) is 12.3. The van der Waals surface area contributed by atoms with E-state index in [1.165, 1.54) is 17.0 Å². The van der Waals surface area contributed by atoms with Crippen LogP contribution in [0.3, 0.4) is 0 Å². The second kappa shape index (κ2) is 8.06. The molecule has 0 aliphatic heterocycles. The summed E-state index contributed by atoms with van der Waals surface area (Å²) in [7, 11) is 0. The number of rotatable bonds is 6. The highest BCUT2D eigenvalue weighted by atomic mass is 19.3. The van der Waals surface area contributed by atoms with E-state index in [0.717, 1.165) is 12.1 Å². The minimum absolute atomic E-state index is 0.219. The standard InChI is InChI=1S/C21H13F6N5/c22-19(23)21(26,27)20(24,25)13-7-9-14(10-8-13)32-17(15-5-1-3-11-28-15)30-31-18(32)16-6-2-4-12-29-16/h1-12,19H. The highest BCUT2D eigenvalue weighted by Gasteiger charge is 2.63. The highest BCUT2D eigenvalue weighted by molar-refractivity contribution is 5.62. The first-order valence-corrected chi connectivity index (χ1v) is 9.16. The molecule has 0 bridgehead atoms. The van der Waals surface area contributed by atoms with Crippen LogP contribution < -0.4 is 0 Å². The van der Waals surface area contributed by atoms with Crippen LogP contribution >= 0.6 is 0 Å². The summed E-state index contributed by atoms with van der Waals surface area (Å²) in [6.07, 6.45) is -1.49. The van der Waals surface area contributed by atoms with Gasteiger partial charge in [-0.2, -0.15) is 17.6 Å². The molecule has 3 aromatic heterocycles. The molecule has 5 nitrogen and oxygen atoms in total. The van der Waals surface area contributed by atoms with E-state index in [1.807, 2.05) is 0 Å². The van der Waals surface area contributed by atoms with Crippen molar-refractivity contribution in [3.05, 3.63) is 78.6 Å². The molecule has 164 valence electrons. The summed E-state index contributed by atoms with van der Waals surface area (Å²) in [5, 5.41) is 8.23. The molecule has 0 amide bonds. The van der Waals surface area contributed by atoms with Gasteiger partial charge in [-0.05, 0) is 36.4 Å². The van der Waals surface area contributed by atoms with Gasteiger partial charge in [0.2, 0.25) is 0 Å². The SMILES string of the molecule is FC(F)C(F)(F)C(F)(F)c1ccc(-n2c(-c3ccccn3)nnc2-c2ccccn2)cc1. The van der Waals surface area contributed by atoms with Crippen LogP contribution in [-0.4, -0.2) is 37.1 Å². The average Bonchev–Trinajstić information content (AvgIpc) is 3.25. The van der Waals surface area contributed by atoms with Gasteiger partial charge in [-0.1, -0.05) is 24.3 Å². The van der Waals surface area contributed by atoms with Crippen molar-refractivity contribution >= 4 is 0 Å². The Bertz CT molecular complexity index is 1140. The van der Waals surface area contributed by atoms with E-state index >= 15 is 0 Å². The molecular weight excluding hydrogens is 436 g/mol. The summed E-state index contributed by atoms with van der Waals surface area (Å²) in [5.41, 5.74) is -0.226. The number of benzene rings is 1. The molecule has 0 atom stereocenters. The zero-order valence-corrected chi connectivity index (χ0v) is 16.0. The van der Waals surface area contributed by atoms with Gasteiger partial charge in [-0.25, -0.2) is 8.78 Å². The number of nitrogens with zero attached hydrogens (tertiary/aromatic N) is 5. The van der Waals surface area contributed by atoms with Gasteiger partial charge >= 0.3 is 18.3 Å². The molecule has 0 aliphatic carbocycles. The zero-order valence-electron chi connectivity index (χ0n) is 16.0. The molecule has 11 heteroatoms. The number of alkyl halides is 6. The molecule has 0 fully saturated rings. The Morgan fingerprint density at radius 2 is 1.19 bits per heavy atom. The number of hydrogen-bond acceptors (Lipinski definition) is 4. The van der Waals surface area contributed by atoms with Crippen LogP contribution in [0.4, 0.5) is 26.3 Å². The molecule has 0 aliphatic rings.